The quantitative estimate of drug-likeness (QED) is 0.835. The zero-order valence-corrected chi connectivity index (χ0v) is 13.8. The number of rotatable bonds is 5. The molecular weight excluding hydrogens is 319 g/mol. The average Bonchev–Trinajstić information content (AvgIpc) is 2.92. The molecule has 0 aliphatic heterocycles. The molecule has 0 aliphatic carbocycles. The number of carbonyl (C=O) groups is 1. The first kappa shape index (κ1) is 18.0. The van der Waals surface area contributed by atoms with Crippen LogP contribution in [0, 0.1) is 0 Å². The van der Waals surface area contributed by atoms with Crippen LogP contribution in [0.4, 0.5) is 13.2 Å². The molecule has 0 bridgehead atoms. The fourth-order valence-electron chi connectivity index (χ4n) is 2.66. The SMILES string of the molecule is CCN(C(=O)Cc1cnn(C)c1)[C@H](C)c1cccc(C(F)(F)F)c1. The van der Waals surface area contributed by atoms with Gasteiger partial charge in [-0.1, -0.05) is 12.1 Å². The van der Waals surface area contributed by atoms with E-state index in [4.69, 9.17) is 0 Å². The summed E-state index contributed by atoms with van der Waals surface area (Å²) >= 11 is 0. The molecule has 1 amide bonds. The Labute approximate surface area is 138 Å². The Morgan fingerprint density at radius 2 is 2.08 bits per heavy atom. The van der Waals surface area contributed by atoms with Crippen molar-refractivity contribution in [3.63, 3.8) is 0 Å². The van der Waals surface area contributed by atoms with Crippen LogP contribution in [-0.4, -0.2) is 27.1 Å². The largest absolute Gasteiger partial charge is 0.416 e. The predicted molar refractivity (Wildman–Crippen MR) is 84.2 cm³/mol. The first-order valence-corrected chi connectivity index (χ1v) is 7.66. The molecule has 2 rings (SSSR count). The third kappa shape index (κ3) is 4.15. The zero-order chi connectivity index (χ0) is 17.9. The van der Waals surface area contributed by atoms with Gasteiger partial charge >= 0.3 is 6.18 Å². The molecule has 0 aliphatic rings. The van der Waals surface area contributed by atoms with Gasteiger partial charge in [-0.3, -0.25) is 9.48 Å². The summed E-state index contributed by atoms with van der Waals surface area (Å²) in [5.74, 6) is -0.143. The lowest BCUT2D eigenvalue weighted by atomic mass is 10.0. The second-order valence-electron chi connectivity index (χ2n) is 5.68. The molecule has 0 unspecified atom stereocenters. The van der Waals surface area contributed by atoms with Gasteiger partial charge in [-0.05, 0) is 37.1 Å². The van der Waals surface area contributed by atoms with E-state index in [9.17, 15) is 18.0 Å². The number of benzene rings is 1. The van der Waals surface area contributed by atoms with Crippen LogP contribution in [0.3, 0.4) is 0 Å². The normalized spacial score (nSPS) is 12.9. The Morgan fingerprint density at radius 3 is 2.62 bits per heavy atom. The van der Waals surface area contributed by atoms with E-state index < -0.39 is 17.8 Å². The van der Waals surface area contributed by atoms with Crippen molar-refractivity contribution in [1.82, 2.24) is 14.7 Å². The summed E-state index contributed by atoms with van der Waals surface area (Å²) in [6, 6.07) is 4.67. The van der Waals surface area contributed by atoms with E-state index in [-0.39, 0.29) is 12.3 Å². The minimum atomic E-state index is -4.40. The highest BCUT2D eigenvalue weighted by Gasteiger charge is 2.31. The van der Waals surface area contributed by atoms with E-state index in [0.717, 1.165) is 17.7 Å². The van der Waals surface area contributed by atoms with Crippen LogP contribution in [-0.2, 0) is 24.4 Å². The van der Waals surface area contributed by atoms with Gasteiger partial charge in [0, 0.05) is 19.8 Å². The molecule has 7 heteroatoms. The van der Waals surface area contributed by atoms with Crippen LogP contribution in [0.1, 0.15) is 36.6 Å². The summed E-state index contributed by atoms with van der Waals surface area (Å²) in [4.78, 5) is 14.1. The molecule has 0 N–H and O–H groups in total. The highest BCUT2D eigenvalue weighted by atomic mass is 19.4. The second-order valence-corrected chi connectivity index (χ2v) is 5.68. The molecular formula is C17H20F3N3O. The molecule has 2 aromatic rings. The lowest BCUT2D eigenvalue weighted by Gasteiger charge is -2.29. The van der Waals surface area contributed by atoms with E-state index in [1.54, 1.807) is 42.0 Å². The van der Waals surface area contributed by atoms with Crippen molar-refractivity contribution in [3.8, 4) is 0 Å². The molecule has 0 saturated heterocycles. The number of nitrogens with zero attached hydrogens (tertiary/aromatic N) is 3. The van der Waals surface area contributed by atoms with E-state index in [0.29, 0.717) is 12.1 Å². The number of carbonyl (C=O) groups excluding carboxylic acids is 1. The van der Waals surface area contributed by atoms with Gasteiger partial charge in [0.05, 0.1) is 24.2 Å². The molecule has 24 heavy (non-hydrogen) atoms. The van der Waals surface area contributed by atoms with Gasteiger partial charge < -0.3 is 4.90 Å². The first-order chi connectivity index (χ1) is 11.2. The van der Waals surface area contributed by atoms with Gasteiger partial charge in [0.1, 0.15) is 0 Å². The Bertz CT molecular complexity index is 709. The number of aryl methyl sites for hydroxylation is 1. The molecule has 0 radical (unpaired) electrons. The number of hydrogen-bond donors (Lipinski definition) is 0. The Hall–Kier alpha value is -2.31. The topological polar surface area (TPSA) is 38.1 Å². The van der Waals surface area contributed by atoms with Crippen molar-refractivity contribution in [2.45, 2.75) is 32.5 Å². The second kappa shape index (κ2) is 7.07. The molecule has 4 nitrogen and oxygen atoms in total. The molecule has 1 aromatic heterocycles. The number of halogens is 3. The number of alkyl halides is 3. The van der Waals surface area contributed by atoms with E-state index in [1.165, 1.54) is 6.07 Å². The maximum atomic E-state index is 12.9. The lowest BCUT2D eigenvalue weighted by Crippen LogP contribution is -2.34. The van der Waals surface area contributed by atoms with Crippen LogP contribution < -0.4 is 0 Å². The van der Waals surface area contributed by atoms with E-state index in [2.05, 4.69) is 5.10 Å². The minimum absolute atomic E-state index is 0.143. The van der Waals surface area contributed by atoms with Crippen LogP contribution in [0.25, 0.3) is 0 Å². The van der Waals surface area contributed by atoms with Gasteiger partial charge in [-0.25, -0.2) is 0 Å². The fraction of sp³-hybridized carbons (Fsp3) is 0.412. The van der Waals surface area contributed by atoms with Crippen LogP contribution in [0.5, 0.6) is 0 Å². The van der Waals surface area contributed by atoms with Crippen molar-refractivity contribution in [3.05, 3.63) is 53.3 Å². The Kier molecular flexibility index (Phi) is 5.31. The van der Waals surface area contributed by atoms with Crippen molar-refractivity contribution < 1.29 is 18.0 Å². The monoisotopic (exact) mass is 339 g/mol. The summed E-state index contributed by atoms with van der Waals surface area (Å²) in [7, 11) is 1.76. The summed E-state index contributed by atoms with van der Waals surface area (Å²) in [6.45, 7) is 3.96. The maximum absolute atomic E-state index is 12.9. The van der Waals surface area contributed by atoms with Crippen LogP contribution in [0.2, 0.25) is 0 Å². The summed E-state index contributed by atoms with van der Waals surface area (Å²) in [5.41, 5.74) is 0.533. The van der Waals surface area contributed by atoms with Crippen molar-refractivity contribution in [2.24, 2.45) is 7.05 Å². The van der Waals surface area contributed by atoms with E-state index >= 15 is 0 Å². The van der Waals surface area contributed by atoms with Gasteiger partial charge in [0.25, 0.3) is 0 Å². The van der Waals surface area contributed by atoms with Crippen LogP contribution >= 0.6 is 0 Å². The smallest absolute Gasteiger partial charge is 0.336 e. The molecule has 0 saturated carbocycles. The molecule has 130 valence electrons. The van der Waals surface area contributed by atoms with Crippen molar-refractivity contribution >= 4 is 5.91 Å². The first-order valence-electron chi connectivity index (χ1n) is 7.66. The number of amides is 1. The van der Waals surface area contributed by atoms with E-state index in [1.807, 2.05) is 6.92 Å². The fourth-order valence-corrected chi connectivity index (χ4v) is 2.66. The summed E-state index contributed by atoms with van der Waals surface area (Å²) in [5, 5.41) is 4.02. The van der Waals surface area contributed by atoms with Gasteiger partial charge in [-0.15, -0.1) is 0 Å². The molecule has 1 aromatic carbocycles. The van der Waals surface area contributed by atoms with Crippen LogP contribution in [0.15, 0.2) is 36.7 Å². The van der Waals surface area contributed by atoms with Crippen molar-refractivity contribution in [2.75, 3.05) is 6.54 Å². The van der Waals surface area contributed by atoms with Gasteiger partial charge in [0.15, 0.2) is 0 Å². The number of hydrogen-bond acceptors (Lipinski definition) is 2. The highest BCUT2D eigenvalue weighted by molar-refractivity contribution is 5.79. The Morgan fingerprint density at radius 1 is 1.38 bits per heavy atom. The molecule has 0 spiro atoms. The standard InChI is InChI=1S/C17H20F3N3O/c1-4-23(16(24)8-13-10-21-22(3)11-13)12(2)14-6-5-7-15(9-14)17(18,19)20/h5-7,9-12H,4,8H2,1-3H3/t12-/m1/s1. The number of likely N-dealkylation sites (N-methyl/N-ethyl adjacent to an activating group) is 1. The third-order valence-corrected chi connectivity index (χ3v) is 3.94. The third-order valence-electron chi connectivity index (χ3n) is 3.94. The maximum Gasteiger partial charge on any atom is 0.416 e. The highest BCUT2D eigenvalue weighted by Crippen LogP contribution is 2.32. The van der Waals surface area contributed by atoms with Gasteiger partial charge in [0.2, 0.25) is 5.91 Å². The predicted octanol–water partition coefficient (Wildman–Crippen LogP) is 3.59. The molecule has 1 heterocycles. The van der Waals surface area contributed by atoms with Gasteiger partial charge in [-0.2, -0.15) is 18.3 Å². The number of aromatic nitrogens is 2. The zero-order valence-electron chi connectivity index (χ0n) is 13.8. The summed E-state index contributed by atoms with van der Waals surface area (Å²) < 4.78 is 40.2. The van der Waals surface area contributed by atoms with Crippen molar-refractivity contribution in [1.29, 1.82) is 0 Å². The molecule has 1 atom stereocenters. The minimum Gasteiger partial charge on any atom is -0.336 e. The Balaban J connectivity index is 2.19. The average molecular weight is 339 g/mol. The molecule has 0 fully saturated rings. The lowest BCUT2D eigenvalue weighted by molar-refractivity contribution is -0.137. The summed E-state index contributed by atoms with van der Waals surface area (Å²) in [6.07, 6.45) is -0.862.